The minimum absolute atomic E-state index is 0.0526. The molecule has 2 aromatic rings. The number of likely N-dealkylation sites (N-methyl/N-ethyl adjacent to an activating group) is 1. The fraction of sp³-hybridized carbons (Fsp3) is 0.385. The highest BCUT2D eigenvalue weighted by Crippen LogP contribution is 2.19. The number of nitrogens with zero attached hydrogens (tertiary/aromatic N) is 2. The van der Waals surface area contributed by atoms with E-state index in [9.17, 15) is 9.59 Å². The van der Waals surface area contributed by atoms with Crippen LogP contribution in [0.2, 0.25) is 0 Å². The predicted molar refractivity (Wildman–Crippen MR) is 124 cm³/mol. The first-order chi connectivity index (χ1) is 15.1. The van der Waals surface area contributed by atoms with E-state index in [0.717, 1.165) is 44.5 Å². The van der Waals surface area contributed by atoms with Crippen LogP contribution in [0.4, 0.5) is 0 Å². The van der Waals surface area contributed by atoms with Crippen LogP contribution >= 0.6 is 0 Å². The Bertz CT molecular complexity index is 887. The fourth-order valence-corrected chi connectivity index (χ4v) is 3.96. The van der Waals surface area contributed by atoms with E-state index >= 15 is 0 Å². The van der Waals surface area contributed by atoms with Crippen LogP contribution in [0.15, 0.2) is 60.7 Å². The monoisotopic (exact) mass is 420 g/mol. The van der Waals surface area contributed by atoms with E-state index in [1.165, 1.54) is 11.6 Å². The number of esters is 1. The quantitative estimate of drug-likeness (QED) is 0.478. The molecule has 0 bridgehead atoms. The van der Waals surface area contributed by atoms with Gasteiger partial charge in [-0.15, -0.1) is 0 Å². The number of hydrogen-bond acceptors (Lipinski definition) is 4. The van der Waals surface area contributed by atoms with Crippen LogP contribution in [-0.2, 0) is 16.0 Å². The van der Waals surface area contributed by atoms with E-state index in [0.29, 0.717) is 18.2 Å². The Morgan fingerprint density at radius 2 is 1.84 bits per heavy atom. The van der Waals surface area contributed by atoms with E-state index in [1.807, 2.05) is 35.2 Å². The molecule has 0 N–H and O–H groups in total. The molecule has 1 saturated heterocycles. The van der Waals surface area contributed by atoms with Crippen molar-refractivity contribution in [1.82, 2.24) is 9.80 Å². The maximum absolute atomic E-state index is 13.0. The maximum Gasteiger partial charge on any atom is 0.330 e. The Kier molecular flexibility index (Phi) is 8.42. The summed E-state index contributed by atoms with van der Waals surface area (Å²) in [6, 6.07) is 18.5. The van der Waals surface area contributed by atoms with Crippen LogP contribution < -0.4 is 0 Å². The molecule has 1 aliphatic heterocycles. The maximum atomic E-state index is 13.0. The average Bonchev–Trinajstić information content (AvgIpc) is 2.82. The van der Waals surface area contributed by atoms with E-state index in [-0.39, 0.29) is 11.9 Å². The molecule has 0 spiro atoms. The van der Waals surface area contributed by atoms with Gasteiger partial charge in [0.2, 0.25) is 0 Å². The molecule has 0 radical (unpaired) electrons. The molecule has 1 fully saturated rings. The first-order valence-corrected chi connectivity index (χ1v) is 11.0. The summed E-state index contributed by atoms with van der Waals surface area (Å²) < 4.78 is 4.90. The molecule has 5 heteroatoms. The van der Waals surface area contributed by atoms with E-state index < -0.39 is 0 Å². The summed E-state index contributed by atoms with van der Waals surface area (Å²) in [5, 5.41) is 0. The molecule has 2 aromatic carbocycles. The van der Waals surface area contributed by atoms with Crippen molar-refractivity contribution in [3.8, 4) is 0 Å². The number of benzene rings is 2. The van der Waals surface area contributed by atoms with Crippen molar-refractivity contribution in [2.24, 2.45) is 0 Å². The van der Waals surface area contributed by atoms with Crippen molar-refractivity contribution in [1.29, 1.82) is 0 Å². The molecule has 0 aromatic heterocycles. The molecule has 5 nitrogen and oxygen atoms in total. The van der Waals surface area contributed by atoms with Crippen molar-refractivity contribution in [3.05, 3.63) is 77.4 Å². The van der Waals surface area contributed by atoms with Gasteiger partial charge in [-0.2, -0.15) is 0 Å². The van der Waals surface area contributed by atoms with Crippen molar-refractivity contribution < 1.29 is 14.3 Å². The summed E-state index contributed by atoms with van der Waals surface area (Å²) in [5.41, 5.74) is 2.83. The lowest BCUT2D eigenvalue weighted by Gasteiger charge is -2.37. The smallest absolute Gasteiger partial charge is 0.330 e. The summed E-state index contributed by atoms with van der Waals surface area (Å²) in [5.74, 6) is -0.325. The van der Waals surface area contributed by atoms with Gasteiger partial charge in [-0.1, -0.05) is 42.5 Å². The standard InChI is InChI=1S/C26H32N2O3/c1-3-31-25(29)13-12-22-10-7-11-23(20-22)26(30)28-18-15-24(16-19-28)27(2)17-14-21-8-5-4-6-9-21/h4-13,20,24H,3,14-19H2,1-2H3. The zero-order valence-corrected chi connectivity index (χ0v) is 18.5. The van der Waals surface area contributed by atoms with Gasteiger partial charge in [0.05, 0.1) is 6.61 Å². The lowest BCUT2D eigenvalue weighted by atomic mass is 10.0. The fourth-order valence-electron chi connectivity index (χ4n) is 3.96. The number of piperidine rings is 1. The lowest BCUT2D eigenvalue weighted by Crippen LogP contribution is -2.46. The van der Waals surface area contributed by atoms with Crippen LogP contribution in [-0.4, -0.2) is 61.0 Å². The van der Waals surface area contributed by atoms with Crippen molar-refractivity contribution >= 4 is 18.0 Å². The molecular weight excluding hydrogens is 388 g/mol. The Hall–Kier alpha value is -2.92. The Labute approximate surface area is 185 Å². The molecule has 0 aliphatic carbocycles. The Morgan fingerprint density at radius 3 is 2.55 bits per heavy atom. The normalized spacial score (nSPS) is 14.9. The molecule has 0 saturated carbocycles. The SMILES string of the molecule is CCOC(=O)C=Cc1cccc(C(=O)N2CCC(N(C)CCc3ccccc3)CC2)c1. The van der Waals surface area contributed by atoms with Crippen LogP contribution in [0.25, 0.3) is 6.08 Å². The number of hydrogen-bond donors (Lipinski definition) is 0. The summed E-state index contributed by atoms with van der Waals surface area (Å²) in [4.78, 5) is 28.9. The molecule has 0 unspecified atom stereocenters. The molecule has 1 aliphatic rings. The molecule has 1 heterocycles. The number of rotatable bonds is 8. The third-order valence-corrected chi connectivity index (χ3v) is 5.80. The minimum Gasteiger partial charge on any atom is -0.463 e. The number of ether oxygens (including phenoxy) is 1. The molecule has 1 amide bonds. The second kappa shape index (κ2) is 11.5. The van der Waals surface area contributed by atoms with Crippen molar-refractivity contribution in [2.75, 3.05) is 33.3 Å². The number of likely N-dealkylation sites (tertiary alicyclic amines) is 1. The van der Waals surface area contributed by atoms with E-state index in [1.54, 1.807) is 13.0 Å². The highest BCUT2D eigenvalue weighted by atomic mass is 16.5. The number of amides is 1. The summed E-state index contributed by atoms with van der Waals surface area (Å²) in [6.07, 6.45) is 6.09. The number of carbonyl (C=O) groups excluding carboxylic acids is 2. The molecule has 0 atom stereocenters. The van der Waals surface area contributed by atoms with Crippen LogP contribution in [0, 0.1) is 0 Å². The second-order valence-corrected chi connectivity index (χ2v) is 7.95. The molecule has 31 heavy (non-hydrogen) atoms. The minimum atomic E-state index is -0.377. The third-order valence-electron chi connectivity index (χ3n) is 5.80. The zero-order chi connectivity index (χ0) is 22.1. The van der Waals surface area contributed by atoms with Gasteiger partial charge in [0, 0.05) is 37.3 Å². The van der Waals surface area contributed by atoms with Gasteiger partial charge in [-0.3, -0.25) is 4.79 Å². The zero-order valence-electron chi connectivity index (χ0n) is 18.5. The van der Waals surface area contributed by atoms with Gasteiger partial charge in [0.25, 0.3) is 5.91 Å². The molecule has 3 rings (SSSR count). The van der Waals surface area contributed by atoms with Crippen molar-refractivity contribution in [3.63, 3.8) is 0 Å². The van der Waals surface area contributed by atoms with E-state index in [2.05, 4.69) is 36.2 Å². The van der Waals surface area contributed by atoms with Gasteiger partial charge in [-0.25, -0.2) is 4.79 Å². The van der Waals surface area contributed by atoms with Gasteiger partial charge in [0.15, 0.2) is 0 Å². The van der Waals surface area contributed by atoms with Gasteiger partial charge in [-0.05, 0) is 62.6 Å². The van der Waals surface area contributed by atoms with Gasteiger partial charge in [0.1, 0.15) is 0 Å². The van der Waals surface area contributed by atoms with Crippen LogP contribution in [0.1, 0.15) is 41.3 Å². The van der Waals surface area contributed by atoms with Crippen LogP contribution in [0.5, 0.6) is 0 Å². The van der Waals surface area contributed by atoms with Gasteiger partial charge >= 0.3 is 5.97 Å². The predicted octanol–water partition coefficient (Wildman–Crippen LogP) is 4.04. The largest absolute Gasteiger partial charge is 0.463 e. The topological polar surface area (TPSA) is 49.9 Å². The second-order valence-electron chi connectivity index (χ2n) is 7.95. The van der Waals surface area contributed by atoms with Gasteiger partial charge < -0.3 is 14.5 Å². The highest BCUT2D eigenvalue weighted by Gasteiger charge is 2.25. The summed E-state index contributed by atoms with van der Waals surface area (Å²) >= 11 is 0. The summed E-state index contributed by atoms with van der Waals surface area (Å²) in [7, 11) is 2.18. The average molecular weight is 421 g/mol. The Morgan fingerprint density at radius 1 is 1.10 bits per heavy atom. The Balaban J connectivity index is 1.50. The molecular formula is C26H32N2O3. The lowest BCUT2D eigenvalue weighted by molar-refractivity contribution is -0.137. The number of carbonyl (C=O) groups is 2. The van der Waals surface area contributed by atoms with Crippen molar-refractivity contribution in [2.45, 2.75) is 32.2 Å². The highest BCUT2D eigenvalue weighted by molar-refractivity contribution is 5.95. The first kappa shape index (κ1) is 22.8. The summed E-state index contributed by atoms with van der Waals surface area (Å²) in [6.45, 7) is 4.68. The first-order valence-electron chi connectivity index (χ1n) is 11.0. The van der Waals surface area contributed by atoms with E-state index in [4.69, 9.17) is 4.74 Å². The molecule has 164 valence electrons. The van der Waals surface area contributed by atoms with Crippen LogP contribution in [0.3, 0.4) is 0 Å². The third kappa shape index (κ3) is 6.79.